The Morgan fingerprint density at radius 1 is 1.27 bits per heavy atom. The summed E-state index contributed by atoms with van der Waals surface area (Å²) in [6.45, 7) is 8.71. The highest BCUT2D eigenvalue weighted by Gasteiger charge is 2.31. The topological polar surface area (TPSA) is 83.6 Å². The summed E-state index contributed by atoms with van der Waals surface area (Å²) in [6, 6.07) is 16.4. The SMILES string of the molecule is CC.CCN(CCOC)S/N=C(\Cl)N1CC(c2ccccc2)C(c2ccc([N+](=O)[O-])cc2)=N1. The maximum atomic E-state index is 11.0. The zero-order valence-electron chi connectivity index (χ0n) is 19.3. The van der Waals surface area contributed by atoms with Crippen molar-refractivity contribution in [3.05, 3.63) is 75.8 Å². The average molecular weight is 492 g/mol. The number of nitro groups is 1. The van der Waals surface area contributed by atoms with E-state index in [2.05, 4.69) is 4.40 Å². The van der Waals surface area contributed by atoms with Crippen LogP contribution in [0.3, 0.4) is 0 Å². The van der Waals surface area contributed by atoms with Gasteiger partial charge in [-0.2, -0.15) is 9.50 Å². The fourth-order valence-corrected chi connectivity index (χ4v) is 3.91. The summed E-state index contributed by atoms with van der Waals surface area (Å²) in [5.41, 5.74) is 2.75. The molecule has 3 rings (SSSR count). The van der Waals surface area contributed by atoms with E-state index in [9.17, 15) is 10.1 Å². The number of nitro benzene ring substituents is 1. The molecule has 1 atom stereocenters. The van der Waals surface area contributed by atoms with Gasteiger partial charge in [-0.25, -0.2) is 9.31 Å². The van der Waals surface area contributed by atoms with Gasteiger partial charge in [0.2, 0.25) is 5.29 Å². The second-order valence-corrected chi connectivity index (χ2v) is 7.99. The van der Waals surface area contributed by atoms with Gasteiger partial charge in [0, 0.05) is 38.2 Å². The maximum absolute atomic E-state index is 11.0. The van der Waals surface area contributed by atoms with E-state index in [1.807, 2.05) is 55.4 Å². The minimum atomic E-state index is -0.412. The predicted octanol–water partition coefficient (Wildman–Crippen LogP) is 5.55. The summed E-state index contributed by atoms with van der Waals surface area (Å²) in [7, 11) is 1.66. The Labute approximate surface area is 204 Å². The number of hydrogen-bond acceptors (Lipinski definition) is 7. The zero-order chi connectivity index (χ0) is 24.2. The molecule has 0 saturated heterocycles. The van der Waals surface area contributed by atoms with E-state index in [1.54, 1.807) is 24.3 Å². The largest absolute Gasteiger partial charge is 0.383 e. The van der Waals surface area contributed by atoms with Gasteiger partial charge in [-0.1, -0.05) is 51.1 Å². The Morgan fingerprint density at radius 2 is 1.94 bits per heavy atom. The summed E-state index contributed by atoms with van der Waals surface area (Å²) in [5, 5.41) is 17.7. The van der Waals surface area contributed by atoms with Crippen LogP contribution in [0.2, 0.25) is 0 Å². The number of ether oxygens (including phenoxy) is 1. The molecule has 10 heteroatoms. The Balaban J connectivity index is 0.00000187. The van der Waals surface area contributed by atoms with Gasteiger partial charge < -0.3 is 4.74 Å². The molecule has 0 N–H and O–H groups in total. The molecule has 1 heterocycles. The molecule has 1 unspecified atom stereocenters. The number of hydrogen-bond donors (Lipinski definition) is 0. The molecule has 0 saturated carbocycles. The second-order valence-electron chi connectivity index (χ2n) is 6.79. The van der Waals surface area contributed by atoms with Crippen molar-refractivity contribution in [3.63, 3.8) is 0 Å². The first-order valence-corrected chi connectivity index (χ1v) is 11.9. The van der Waals surface area contributed by atoms with Gasteiger partial charge in [0.25, 0.3) is 5.69 Å². The number of rotatable bonds is 9. The van der Waals surface area contributed by atoms with Gasteiger partial charge in [-0.05, 0) is 34.9 Å². The third kappa shape index (κ3) is 7.53. The van der Waals surface area contributed by atoms with Gasteiger partial charge in [-0.3, -0.25) is 10.1 Å². The molecule has 0 spiro atoms. The van der Waals surface area contributed by atoms with Gasteiger partial charge in [0.05, 0.1) is 35.9 Å². The lowest BCUT2D eigenvalue weighted by Gasteiger charge is -2.17. The monoisotopic (exact) mass is 491 g/mol. The summed E-state index contributed by atoms with van der Waals surface area (Å²) in [5.74, 6) is -0.0348. The standard InChI is InChI=1S/C21H24ClN5O3S.C2H6/c1-3-25(13-14-30-2)31-24-21(22)26-15-19(16-7-5-4-6-8-16)20(23-26)17-9-11-18(12-10-17)27(28)29;1-2/h4-12,19H,3,13-15H2,1-2H3;1-2H3/b24-21+;. The van der Waals surface area contributed by atoms with Crippen LogP contribution in [0.15, 0.2) is 64.1 Å². The first kappa shape index (κ1) is 26.8. The van der Waals surface area contributed by atoms with E-state index in [0.717, 1.165) is 29.9 Å². The van der Waals surface area contributed by atoms with E-state index < -0.39 is 4.92 Å². The molecule has 33 heavy (non-hydrogen) atoms. The number of non-ortho nitro benzene ring substituents is 1. The van der Waals surface area contributed by atoms with Crippen molar-refractivity contribution in [2.24, 2.45) is 9.50 Å². The molecule has 0 aromatic heterocycles. The number of halogens is 1. The third-order valence-corrected chi connectivity index (χ3v) is 6.14. The number of nitrogens with zero attached hydrogens (tertiary/aromatic N) is 5. The molecule has 0 bridgehead atoms. The molecule has 178 valence electrons. The first-order valence-electron chi connectivity index (χ1n) is 10.8. The van der Waals surface area contributed by atoms with E-state index in [4.69, 9.17) is 21.4 Å². The number of benzene rings is 2. The number of likely N-dealkylation sites (N-methyl/N-ethyl adjacent to an activating group) is 1. The summed E-state index contributed by atoms with van der Waals surface area (Å²) < 4.78 is 11.6. The average Bonchev–Trinajstić information content (AvgIpc) is 3.31. The van der Waals surface area contributed by atoms with Crippen LogP contribution in [0, 0.1) is 10.1 Å². The van der Waals surface area contributed by atoms with Crippen molar-refractivity contribution in [1.29, 1.82) is 0 Å². The molecule has 2 aromatic rings. The van der Waals surface area contributed by atoms with Gasteiger partial charge in [-0.15, -0.1) is 0 Å². The molecule has 1 aliphatic heterocycles. The molecule has 8 nitrogen and oxygen atoms in total. The Bertz CT molecular complexity index is 941. The van der Waals surface area contributed by atoms with E-state index in [-0.39, 0.29) is 16.9 Å². The Morgan fingerprint density at radius 3 is 2.52 bits per heavy atom. The summed E-state index contributed by atoms with van der Waals surface area (Å²) >= 11 is 7.77. The fourth-order valence-electron chi connectivity index (χ4n) is 3.17. The molecular formula is C23H30ClN5O3S. The fraction of sp³-hybridized carbons (Fsp3) is 0.391. The van der Waals surface area contributed by atoms with Crippen molar-refractivity contribution in [1.82, 2.24) is 9.31 Å². The van der Waals surface area contributed by atoms with Crippen LogP contribution in [0.25, 0.3) is 0 Å². The lowest BCUT2D eigenvalue weighted by Crippen LogP contribution is -2.23. The Kier molecular flexibility index (Phi) is 11.3. The van der Waals surface area contributed by atoms with Gasteiger partial charge >= 0.3 is 0 Å². The van der Waals surface area contributed by atoms with Crippen LogP contribution >= 0.6 is 23.7 Å². The van der Waals surface area contributed by atoms with E-state index in [0.29, 0.717) is 13.2 Å². The van der Waals surface area contributed by atoms with E-state index in [1.165, 1.54) is 24.3 Å². The molecule has 0 aliphatic carbocycles. The number of methoxy groups -OCH3 is 1. The number of amidine groups is 1. The van der Waals surface area contributed by atoms with Crippen LogP contribution in [0.4, 0.5) is 5.69 Å². The lowest BCUT2D eigenvalue weighted by molar-refractivity contribution is -0.384. The van der Waals surface area contributed by atoms with Crippen LogP contribution in [-0.2, 0) is 4.74 Å². The maximum Gasteiger partial charge on any atom is 0.269 e. The third-order valence-electron chi connectivity index (χ3n) is 4.83. The smallest absolute Gasteiger partial charge is 0.269 e. The van der Waals surface area contributed by atoms with Gasteiger partial charge in [0.1, 0.15) is 0 Å². The van der Waals surface area contributed by atoms with Crippen molar-refractivity contribution < 1.29 is 9.66 Å². The summed E-state index contributed by atoms with van der Waals surface area (Å²) in [6.07, 6.45) is 0. The van der Waals surface area contributed by atoms with Crippen LogP contribution in [0.1, 0.15) is 37.8 Å². The van der Waals surface area contributed by atoms with Crippen molar-refractivity contribution in [3.8, 4) is 0 Å². The van der Waals surface area contributed by atoms with Crippen LogP contribution in [-0.4, -0.2) is 58.6 Å². The molecule has 2 aromatic carbocycles. The van der Waals surface area contributed by atoms with Crippen molar-refractivity contribution >= 4 is 40.4 Å². The highest BCUT2D eigenvalue weighted by molar-refractivity contribution is 7.95. The molecule has 0 fully saturated rings. The second kappa shape index (κ2) is 13.9. The van der Waals surface area contributed by atoms with Crippen molar-refractivity contribution in [2.75, 3.05) is 33.4 Å². The zero-order valence-corrected chi connectivity index (χ0v) is 20.9. The minimum Gasteiger partial charge on any atom is -0.383 e. The highest BCUT2D eigenvalue weighted by Crippen LogP contribution is 2.30. The highest BCUT2D eigenvalue weighted by atomic mass is 35.5. The molecule has 1 aliphatic rings. The first-order chi connectivity index (χ1) is 16.0. The van der Waals surface area contributed by atoms with Crippen LogP contribution < -0.4 is 0 Å². The molecule has 0 amide bonds. The lowest BCUT2D eigenvalue weighted by atomic mass is 9.90. The van der Waals surface area contributed by atoms with E-state index >= 15 is 0 Å². The number of hydrazone groups is 1. The van der Waals surface area contributed by atoms with Crippen LogP contribution in [0.5, 0.6) is 0 Å². The Hall–Kier alpha value is -2.46. The normalized spacial score (nSPS) is 15.8. The van der Waals surface area contributed by atoms with Crippen molar-refractivity contribution in [2.45, 2.75) is 26.7 Å². The minimum absolute atomic E-state index is 0.0348. The molecule has 0 radical (unpaired) electrons. The van der Waals surface area contributed by atoms with Gasteiger partial charge in [0.15, 0.2) is 0 Å². The quantitative estimate of drug-likeness (QED) is 0.114. The predicted molar refractivity (Wildman–Crippen MR) is 137 cm³/mol. The molecular weight excluding hydrogens is 462 g/mol. The summed E-state index contributed by atoms with van der Waals surface area (Å²) in [4.78, 5) is 10.6.